The van der Waals surface area contributed by atoms with Crippen molar-refractivity contribution in [1.82, 2.24) is 19.7 Å². The molecule has 0 spiro atoms. The number of halogens is 3. The predicted octanol–water partition coefficient (Wildman–Crippen LogP) is -2.47. The molecule has 2 rings (SSSR count). The zero-order valence-electron chi connectivity index (χ0n) is 13.4. The molecule has 27 heavy (non-hydrogen) atoms. The van der Waals surface area contributed by atoms with Crippen LogP contribution in [0.3, 0.4) is 0 Å². The van der Waals surface area contributed by atoms with Gasteiger partial charge in [-0.25, -0.2) is 4.79 Å². The second-order valence-electron chi connectivity index (χ2n) is 5.45. The summed E-state index contributed by atoms with van der Waals surface area (Å²) in [6.45, 7) is -1.58. The van der Waals surface area contributed by atoms with Crippen molar-refractivity contribution in [3.05, 3.63) is 32.6 Å². The molecule has 0 aliphatic carbocycles. The number of nitrogens with zero attached hydrogens (tertiary/aromatic N) is 3. The fraction of sp³-hybridized carbons (Fsp3) is 0.538. The third kappa shape index (κ3) is 4.41. The number of rotatable bonds is 6. The van der Waals surface area contributed by atoms with Crippen LogP contribution in [0.1, 0.15) is 11.9 Å². The number of aromatic nitrogens is 3. The van der Waals surface area contributed by atoms with E-state index >= 15 is 0 Å². The second kappa shape index (κ2) is 7.99. The number of aliphatic hydroxyl groups excluding tert-OH is 3. The van der Waals surface area contributed by atoms with Crippen molar-refractivity contribution in [2.24, 2.45) is 0 Å². The maximum atomic E-state index is 12.4. The van der Waals surface area contributed by atoms with Gasteiger partial charge in [-0.15, -0.1) is 13.2 Å². The normalized spacial score (nSPS) is 25.9. The first-order valence-corrected chi connectivity index (χ1v) is 7.41. The minimum absolute atomic E-state index is 0.442. The Balaban J connectivity index is 2.29. The number of alkyl halides is 3. The highest BCUT2D eigenvalue weighted by Crippen LogP contribution is 2.27. The average molecular weight is 396 g/mol. The summed E-state index contributed by atoms with van der Waals surface area (Å²) >= 11 is 0. The molecular weight excluding hydrogens is 381 g/mol. The Labute approximate surface area is 147 Å². The average Bonchev–Trinajstić information content (AvgIpc) is 2.87. The molecule has 4 N–H and O–H groups in total. The van der Waals surface area contributed by atoms with Crippen molar-refractivity contribution >= 4 is 12.5 Å². The number of ether oxygens (including phenoxy) is 1. The molecule has 1 aliphatic rings. The minimum Gasteiger partial charge on any atom is -0.394 e. The van der Waals surface area contributed by atoms with Crippen molar-refractivity contribution in [3.8, 4) is 0 Å². The summed E-state index contributed by atoms with van der Waals surface area (Å²) in [6, 6.07) is 0. The van der Waals surface area contributed by atoms with E-state index in [4.69, 9.17) is 9.84 Å². The number of hydrogen-bond acceptors (Lipinski definition) is 8. The van der Waals surface area contributed by atoms with Crippen molar-refractivity contribution in [3.63, 3.8) is 0 Å². The number of nitrogens with one attached hydrogen (secondary N) is 1. The van der Waals surface area contributed by atoms with E-state index in [1.54, 1.807) is 0 Å². The van der Waals surface area contributed by atoms with Gasteiger partial charge in [0.05, 0.1) is 6.61 Å². The number of aromatic amines is 1. The maximum Gasteiger partial charge on any atom is 0.487 e. The lowest BCUT2D eigenvalue weighted by Crippen LogP contribution is -2.40. The summed E-state index contributed by atoms with van der Waals surface area (Å²) in [7, 11) is 0. The monoisotopic (exact) mass is 396 g/mol. The zero-order valence-corrected chi connectivity index (χ0v) is 13.4. The molecule has 150 valence electrons. The molecule has 1 aliphatic heterocycles. The third-order valence-corrected chi connectivity index (χ3v) is 3.67. The van der Waals surface area contributed by atoms with Crippen LogP contribution in [-0.4, -0.2) is 79.2 Å². The molecule has 1 fully saturated rings. The highest BCUT2D eigenvalue weighted by atomic mass is 19.4. The van der Waals surface area contributed by atoms with Crippen LogP contribution >= 0.6 is 0 Å². The van der Waals surface area contributed by atoms with Crippen LogP contribution in [0.2, 0.25) is 0 Å². The Hall–Kier alpha value is -2.55. The van der Waals surface area contributed by atoms with Crippen LogP contribution in [-0.2, 0) is 9.53 Å². The number of aliphatic hydroxyl groups is 3. The molecule has 0 saturated carbocycles. The number of H-pyrrole nitrogens is 1. The quantitative estimate of drug-likeness (QED) is 0.304. The van der Waals surface area contributed by atoms with E-state index in [1.165, 1.54) is 0 Å². The van der Waals surface area contributed by atoms with E-state index in [0.717, 1.165) is 12.2 Å². The lowest BCUT2D eigenvalue weighted by atomic mass is 10.1. The van der Waals surface area contributed by atoms with Gasteiger partial charge in [0.1, 0.15) is 24.0 Å². The summed E-state index contributed by atoms with van der Waals surface area (Å²) in [5.41, 5.74) is -2.67. The minimum atomic E-state index is -4.91. The summed E-state index contributed by atoms with van der Waals surface area (Å²) in [5, 5.41) is 32.2. The summed E-state index contributed by atoms with van der Waals surface area (Å²) in [4.78, 5) is 35.4. The Morgan fingerprint density at radius 1 is 1.30 bits per heavy atom. The molecule has 1 aromatic heterocycles. The largest absolute Gasteiger partial charge is 0.487 e. The van der Waals surface area contributed by atoms with E-state index in [-0.39, 0.29) is 0 Å². The van der Waals surface area contributed by atoms with Crippen LogP contribution in [0, 0.1) is 0 Å². The lowest BCUT2D eigenvalue weighted by Gasteiger charge is -2.18. The van der Waals surface area contributed by atoms with E-state index in [9.17, 15) is 37.8 Å². The number of carbonyl (C=O) groups is 1. The Kier molecular flexibility index (Phi) is 6.15. The maximum absolute atomic E-state index is 12.4. The van der Waals surface area contributed by atoms with Crippen molar-refractivity contribution in [2.45, 2.75) is 30.8 Å². The van der Waals surface area contributed by atoms with Gasteiger partial charge < -0.3 is 20.1 Å². The van der Waals surface area contributed by atoms with Gasteiger partial charge in [-0.05, 0) is 6.08 Å². The van der Waals surface area contributed by atoms with Crippen LogP contribution in [0.15, 0.2) is 15.7 Å². The number of carbonyl (C=O) groups excluding carboxylic acids is 1. The first kappa shape index (κ1) is 20.8. The van der Waals surface area contributed by atoms with Crippen LogP contribution in [0.4, 0.5) is 13.2 Å². The third-order valence-electron chi connectivity index (χ3n) is 3.67. The van der Waals surface area contributed by atoms with E-state index < -0.39 is 72.2 Å². The Morgan fingerprint density at radius 3 is 2.48 bits per heavy atom. The standard InChI is InChI=1S/C13H15F3N4O7/c14-13(15,16)19(5-22)3-1-2-6-10(25)17-12(26)20(18-6)11-9(24)8(23)7(4-21)27-11/h1-2,5,7-9,11,21,23-24H,3-4H2,(H,17,25,26)/b2-1+/t7-,8-,9-,11-/m1/s1. The Bertz CT molecular complexity index is 821. The molecule has 2 heterocycles. The lowest BCUT2D eigenvalue weighted by molar-refractivity contribution is -0.230. The van der Waals surface area contributed by atoms with Gasteiger partial charge >= 0.3 is 12.0 Å². The van der Waals surface area contributed by atoms with E-state index in [0.29, 0.717) is 4.68 Å². The van der Waals surface area contributed by atoms with E-state index in [1.807, 2.05) is 4.98 Å². The first-order valence-electron chi connectivity index (χ1n) is 7.41. The molecular formula is C13H15F3N4O7. The molecule has 11 nitrogen and oxygen atoms in total. The van der Waals surface area contributed by atoms with Crippen molar-refractivity contribution in [2.75, 3.05) is 13.2 Å². The molecule has 0 radical (unpaired) electrons. The fourth-order valence-corrected chi connectivity index (χ4v) is 2.27. The molecule has 4 atom stereocenters. The topological polar surface area (TPSA) is 158 Å². The van der Waals surface area contributed by atoms with Crippen molar-refractivity contribution < 1.29 is 38.0 Å². The van der Waals surface area contributed by atoms with Gasteiger partial charge in [0, 0.05) is 6.54 Å². The van der Waals surface area contributed by atoms with E-state index in [2.05, 4.69) is 5.10 Å². The van der Waals surface area contributed by atoms with Gasteiger partial charge in [0.25, 0.3) is 5.56 Å². The molecule has 14 heteroatoms. The van der Waals surface area contributed by atoms with Gasteiger partial charge in [0.2, 0.25) is 6.41 Å². The zero-order chi connectivity index (χ0) is 20.4. The van der Waals surface area contributed by atoms with Gasteiger partial charge in [-0.1, -0.05) is 6.08 Å². The molecule has 1 amide bonds. The molecule has 0 unspecified atom stereocenters. The van der Waals surface area contributed by atoms with Crippen LogP contribution in [0.5, 0.6) is 0 Å². The van der Waals surface area contributed by atoms with Gasteiger partial charge in [-0.3, -0.25) is 19.5 Å². The smallest absolute Gasteiger partial charge is 0.394 e. The molecule has 0 aromatic carbocycles. The Morgan fingerprint density at radius 2 is 1.96 bits per heavy atom. The molecule has 1 saturated heterocycles. The predicted molar refractivity (Wildman–Crippen MR) is 80.0 cm³/mol. The number of amides is 1. The summed E-state index contributed by atoms with van der Waals surface area (Å²) < 4.78 is 42.9. The van der Waals surface area contributed by atoms with Crippen LogP contribution in [0.25, 0.3) is 6.08 Å². The molecule has 0 bridgehead atoms. The molecule has 1 aromatic rings. The number of hydrogen-bond donors (Lipinski definition) is 4. The van der Waals surface area contributed by atoms with Gasteiger partial charge in [-0.2, -0.15) is 9.78 Å². The second-order valence-corrected chi connectivity index (χ2v) is 5.45. The highest BCUT2D eigenvalue weighted by molar-refractivity contribution is 5.49. The van der Waals surface area contributed by atoms with Gasteiger partial charge in [0.15, 0.2) is 6.23 Å². The summed E-state index contributed by atoms with van der Waals surface area (Å²) in [6.07, 6.45) is -9.67. The van der Waals surface area contributed by atoms with Crippen LogP contribution < -0.4 is 11.2 Å². The fourth-order valence-electron chi connectivity index (χ4n) is 2.27. The SMILES string of the molecule is O=CN(C/C=C/c1nn([C@@H]2O[C@H](CO)[C@@H](O)[C@H]2O)c(=O)[nH]c1=O)C(F)(F)F. The van der Waals surface area contributed by atoms with Crippen molar-refractivity contribution in [1.29, 1.82) is 0 Å². The summed E-state index contributed by atoms with van der Waals surface area (Å²) in [5.74, 6) is 0. The first-order chi connectivity index (χ1) is 12.6. The highest BCUT2D eigenvalue weighted by Gasteiger charge is 2.44.